The van der Waals surface area contributed by atoms with Crippen LogP contribution >= 0.6 is 18.6 Å². The molecule has 0 heterocycles. The Morgan fingerprint density at radius 2 is 1.79 bits per heavy atom. The summed E-state index contributed by atoms with van der Waals surface area (Å²) in [6, 6.07) is 0. The molecule has 0 N–H and O–H groups in total. The van der Waals surface area contributed by atoms with Crippen LogP contribution < -0.4 is 0 Å². The molecule has 0 aromatic heterocycles. The van der Waals surface area contributed by atoms with E-state index in [4.69, 9.17) is 18.6 Å². The summed E-state index contributed by atoms with van der Waals surface area (Å²) in [4.78, 5) is 0. The molecular formula is C11H19Cl2Ti-. The summed E-state index contributed by atoms with van der Waals surface area (Å²) < 4.78 is 0. The summed E-state index contributed by atoms with van der Waals surface area (Å²) in [5.74, 6) is 0. The van der Waals surface area contributed by atoms with Gasteiger partial charge in [0.15, 0.2) is 0 Å². The van der Waals surface area contributed by atoms with Gasteiger partial charge in [-0.3, -0.25) is 0 Å². The molecule has 0 aromatic rings. The topological polar surface area (TPSA) is 0 Å². The minimum absolute atomic E-state index is 0.556. The van der Waals surface area contributed by atoms with E-state index in [2.05, 4.69) is 32.1 Å². The van der Waals surface area contributed by atoms with Crippen molar-refractivity contribution in [3.63, 3.8) is 0 Å². The molecule has 0 saturated carbocycles. The molecule has 0 nitrogen and oxygen atoms in total. The van der Waals surface area contributed by atoms with Gasteiger partial charge in [-0.15, -0.1) is 6.08 Å². The fraction of sp³-hybridized carbons (Fsp3) is 0.545. The average molecular weight is 270 g/mol. The SMILES string of the molecule is [CH2-]C=CCC=CCCCCC.[Cl][Ti][Cl]. The van der Waals surface area contributed by atoms with E-state index in [0.717, 1.165) is 6.42 Å². The third-order valence-electron chi connectivity index (χ3n) is 1.58. The Kier molecular flexibility index (Phi) is 23.5. The first-order chi connectivity index (χ1) is 6.83. The molecule has 0 amide bonds. The number of rotatable bonds is 6. The number of hydrogen-bond donors (Lipinski definition) is 0. The second kappa shape index (κ2) is 19.3. The molecule has 0 aliphatic carbocycles. The van der Waals surface area contributed by atoms with Gasteiger partial charge in [0.05, 0.1) is 0 Å². The van der Waals surface area contributed by atoms with Crippen LogP contribution in [0.2, 0.25) is 0 Å². The van der Waals surface area contributed by atoms with Gasteiger partial charge in [0, 0.05) is 0 Å². The quantitative estimate of drug-likeness (QED) is 0.266. The molecule has 0 radical (unpaired) electrons. The summed E-state index contributed by atoms with van der Waals surface area (Å²) in [7, 11) is 9.78. The van der Waals surface area contributed by atoms with Crippen LogP contribution in [0.15, 0.2) is 24.3 Å². The van der Waals surface area contributed by atoms with E-state index in [1.54, 1.807) is 0 Å². The maximum atomic E-state index is 4.89. The zero-order chi connectivity index (χ0) is 11.1. The number of hydrogen-bond acceptors (Lipinski definition) is 0. The third-order valence-corrected chi connectivity index (χ3v) is 1.58. The fourth-order valence-corrected chi connectivity index (χ4v) is 0.901. The van der Waals surface area contributed by atoms with Crippen molar-refractivity contribution in [3.05, 3.63) is 31.2 Å². The Morgan fingerprint density at radius 1 is 1.14 bits per heavy atom. The second-order valence-electron chi connectivity index (χ2n) is 2.75. The molecule has 0 aliphatic heterocycles. The van der Waals surface area contributed by atoms with Crippen molar-refractivity contribution in [2.24, 2.45) is 0 Å². The van der Waals surface area contributed by atoms with Gasteiger partial charge < -0.3 is 0 Å². The molecule has 0 rings (SSSR count). The van der Waals surface area contributed by atoms with Gasteiger partial charge in [-0.25, -0.2) is 19.1 Å². The zero-order valence-corrected chi connectivity index (χ0v) is 11.9. The maximum absolute atomic E-state index is 4.89. The predicted octanol–water partition coefficient (Wildman–Crippen LogP) is 5.28. The number of unbranched alkanes of at least 4 members (excludes halogenated alkanes) is 3. The summed E-state index contributed by atoms with van der Waals surface area (Å²) in [5, 5.41) is 0. The van der Waals surface area contributed by atoms with Crippen molar-refractivity contribution in [1.29, 1.82) is 0 Å². The van der Waals surface area contributed by atoms with E-state index < -0.39 is 17.0 Å². The van der Waals surface area contributed by atoms with Gasteiger partial charge in [0.2, 0.25) is 0 Å². The van der Waals surface area contributed by atoms with Crippen LogP contribution in [0.1, 0.15) is 39.0 Å². The summed E-state index contributed by atoms with van der Waals surface area (Å²) in [6.07, 6.45) is 14.7. The van der Waals surface area contributed by atoms with Crippen molar-refractivity contribution in [3.8, 4) is 0 Å². The number of halogens is 2. The monoisotopic (exact) mass is 269 g/mol. The molecule has 82 valence electrons. The van der Waals surface area contributed by atoms with Crippen LogP contribution in [0, 0.1) is 6.92 Å². The van der Waals surface area contributed by atoms with E-state index in [9.17, 15) is 0 Å². The van der Waals surface area contributed by atoms with E-state index in [1.807, 2.05) is 6.08 Å². The third kappa shape index (κ3) is 22.9. The molecule has 0 aliphatic rings. The Bertz CT molecular complexity index is 133. The fourth-order valence-electron chi connectivity index (χ4n) is 0.901. The molecule has 14 heavy (non-hydrogen) atoms. The average Bonchev–Trinajstić information content (AvgIpc) is 2.18. The molecule has 3 heteroatoms. The molecular weight excluding hydrogens is 251 g/mol. The van der Waals surface area contributed by atoms with Crippen molar-refractivity contribution >= 4 is 18.6 Å². The van der Waals surface area contributed by atoms with Crippen LogP contribution in [-0.2, 0) is 17.0 Å². The molecule has 0 unspecified atom stereocenters. The first kappa shape index (κ1) is 17.1. The molecule has 0 bridgehead atoms. The van der Waals surface area contributed by atoms with Crippen molar-refractivity contribution in [2.45, 2.75) is 39.0 Å². The van der Waals surface area contributed by atoms with Gasteiger partial charge in [0.1, 0.15) is 0 Å². The normalized spacial score (nSPS) is 10.2. The van der Waals surface area contributed by atoms with Crippen LogP contribution in [0.4, 0.5) is 0 Å². The van der Waals surface area contributed by atoms with E-state index in [1.165, 1.54) is 25.7 Å². The molecule has 0 atom stereocenters. The van der Waals surface area contributed by atoms with E-state index in [0.29, 0.717) is 0 Å². The predicted molar refractivity (Wildman–Crippen MR) is 64.1 cm³/mol. The van der Waals surface area contributed by atoms with Gasteiger partial charge in [-0.2, -0.15) is 0 Å². The molecule has 0 saturated heterocycles. The van der Waals surface area contributed by atoms with E-state index >= 15 is 0 Å². The van der Waals surface area contributed by atoms with Crippen LogP contribution in [0.25, 0.3) is 0 Å². The standard InChI is InChI=1S/C11H19.2ClH.Ti/c1-3-5-7-9-11-10-8-6-4-2;;;/h3,5,9,11H,1,4,6-8,10H2,2H3;2*1H;/q-1;;;+2/p-2. The van der Waals surface area contributed by atoms with Crippen LogP contribution in [0.5, 0.6) is 0 Å². The summed E-state index contributed by atoms with van der Waals surface area (Å²) >= 11 is -0.556. The zero-order valence-electron chi connectivity index (χ0n) is 8.81. The summed E-state index contributed by atoms with van der Waals surface area (Å²) in [5.41, 5.74) is 0. The van der Waals surface area contributed by atoms with Gasteiger partial charge >= 0.3 is 35.6 Å². The van der Waals surface area contributed by atoms with Crippen molar-refractivity contribution in [1.82, 2.24) is 0 Å². The Morgan fingerprint density at radius 3 is 2.29 bits per heavy atom. The van der Waals surface area contributed by atoms with Crippen molar-refractivity contribution < 1.29 is 17.0 Å². The minimum atomic E-state index is -0.556. The van der Waals surface area contributed by atoms with Gasteiger partial charge in [-0.1, -0.05) is 32.3 Å². The number of allylic oxidation sites excluding steroid dienone is 4. The van der Waals surface area contributed by atoms with Crippen LogP contribution in [-0.4, -0.2) is 0 Å². The second-order valence-corrected chi connectivity index (χ2v) is 5.32. The first-order valence-electron chi connectivity index (χ1n) is 4.88. The Labute approximate surface area is 105 Å². The Balaban J connectivity index is 0. The van der Waals surface area contributed by atoms with E-state index in [-0.39, 0.29) is 0 Å². The first-order valence-corrected chi connectivity index (χ1v) is 9.18. The van der Waals surface area contributed by atoms with Gasteiger partial charge in [0.25, 0.3) is 0 Å². The molecule has 0 spiro atoms. The van der Waals surface area contributed by atoms with Gasteiger partial charge in [-0.05, 0) is 12.8 Å². The molecule has 0 aromatic carbocycles. The summed E-state index contributed by atoms with van der Waals surface area (Å²) in [6.45, 7) is 5.85. The Hall–Kier alpha value is 0.644. The van der Waals surface area contributed by atoms with Crippen molar-refractivity contribution in [2.75, 3.05) is 0 Å². The van der Waals surface area contributed by atoms with Crippen LogP contribution in [0.3, 0.4) is 0 Å². The molecule has 0 fully saturated rings.